The number of carbonyl (C=O) groups excluding carboxylic acids is 1. The zero-order chi connectivity index (χ0) is 21.0. The first-order chi connectivity index (χ1) is 14.5. The molecule has 3 fully saturated rings. The van der Waals surface area contributed by atoms with E-state index >= 15 is 0 Å². The number of benzene rings is 1. The lowest BCUT2D eigenvalue weighted by atomic mass is 9.91. The van der Waals surface area contributed by atoms with E-state index in [0.717, 1.165) is 31.5 Å². The van der Waals surface area contributed by atoms with Crippen molar-refractivity contribution in [3.63, 3.8) is 0 Å². The molecule has 9 heteroatoms. The third-order valence-corrected chi connectivity index (χ3v) is 8.76. The SMILES string of the molecule is O=C(OCc1ccccc1)N1CCC(S(=O)(=O)N2CCOC3(CCNCC3)C2)CC1. The van der Waals surface area contributed by atoms with Gasteiger partial charge in [0.15, 0.2) is 0 Å². The summed E-state index contributed by atoms with van der Waals surface area (Å²) in [4.78, 5) is 14.0. The van der Waals surface area contributed by atoms with Crippen molar-refractivity contribution in [2.45, 2.75) is 43.1 Å². The molecule has 3 saturated heterocycles. The third-order valence-electron chi connectivity index (χ3n) is 6.41. The predicted octanol–water partition coefficient (Wildman–Crippen LogP) is 1.57. The Morgan fingerprint density at radius 3 is 2.53 bits per heavy atom. The molecule has 0 saturated carbocycles. The number of piperidine rings is 2. The van der Waals surface area contributed by atoms with Gasteiger partial charge in [-0.15, -0.1) is 0 Å². The lowest BCUT2D eigenvalue weighted by Crippen LogP contribution is -2.59. The molecule has 8 nitrogen and oxygen atoms in total. The van der Waals surface area contributed by atoms with E-state index in [-0.39, 0.29) is 18.3 Å². The van der Waals surface area contributed by atoms with Gasteiger partial charge in [-0.25, -0.2) is 13.2 Å². The molecule has 1 aromatic carbocycles. The minimum Gasteiger partial charge on any atom is -0.445 e. The molecule has 0 aromatic heterocycles. The zero-order valence-electron chi connectivity index (χ0n) is 17.3. The van der Waals surface area contributed by atoms with Crippen LogP contribution in [0.5, 0.6) is 0 Å². The molecule has 0 unspecified atom stereocenters. The van der Waals surface area contributed by atoms with Crippen LogP contribution in [0, 0.1) is 0 Å². The second-order valence-corrected chi connectivity index (χ2v) is 10.6. The molecule has 1 amide bonds. The fourth-order valence-corrected chi connectivity index (χ4v) is 6.54. The van der Waals surface area contributed by atoms with E-state index < -0.39 is 15.3 Å². The molecule has 3 aliphatic heterocycles. The van der Waals surface area contributed by atoms with Crippen LogP contribution in [-0.4, -0.2) is 80.4 Å². The third kappa shape index (κ3) is 4.80. The monoisotopic (exact) mass is 437 g/mol. The van der Waals surface area contributed by atoms with Crippen molar-refractivity contribution in [3.8, 4) is 0 Å². The number of hydrogen-bond donors (Lipinski definition) is 1. The summed E-state index contributed by atoms with van der Waals surface area (Å²) >= 11 is 0. The molecule has 3 aliphatic rings. The van der Waals surface area contributed by atoms with Crippen LogP contribution in [-0.2, 0) is 26.1 Å². The average Bonchev–Trinajstić information content (AvgIpc) is 2.79. The van der Waals surface area contributed by atoms with E-state index in [0.29, 0.717) is 45.6 Å². The molecular formula is C21H31N3O5S. The number of amides is 1. The Bertz CT molecular complexity index is 813. The molecule has 1 aromatic rings. The number of hydrogen-bond acceptors (Lipinski definition) is 6. The van der Waals surface area contributed by atoms with Crippen LogP contribution >= 0.6 is 0 Å². The van der Waals surface area contributed by atoms with Crippen molar-refractivity contribution < 1.29 is 22.7 Å². The van der Waals surface area contributed by atoms with Gasteiger partial charge in [-0.3, -0.25) is 0 Å². The predicted molar refractivity (Wildman–Crippen MR) is 113 cm³/mol. The Morgan fingerprint density at radius 1 is 1.13 bits per heavy atom. The number of nitrogens with one attached hydrogen (secondary N) is 1. The van der Waals surface area contributed by atoms with Gasteiger partial charge in [0, 0.05) is 26.2 Å². The molecule has 30 heavy (non-hydrogen) atoms. The topological polar surface area (TPSA) is 88.2 Å². The lowest BCUT2D eigenvalue weighted by Gasteiger charge is -2.45. The summed E-state index contributed by atoms with van der Waals surface area (Å²) in [6.45, 7) is 4.04. The van der Waals surface area contributed by atoms with Gasteiger partial charge in [-0.2, -0.15) is 4.31 Å². The standard InChI is InChI=1S/C21H31N3O5S/c25-20(28-16-18-4-2-1-3-5-18)23-12-6-19(7-13-23)30(26,27)24-14-15-29-21(17-24)8-10-22-11-9-21/h1-5,19,22H,6-17H2. The average molecular weight is 438 g/mol. The number of morpholine rings is 1. The number of nitrogens with zero attached hydrogens (tertiary/aromatic N) is 2. The van der Waals surface area contributed by atoms with Crippen LogP contribution in [0.3, 0.4) is 0 Å². The summed E-state index contributed by atoms with van der Waals surface area (Å²) < 4.78 is 39.6. The van der Waals surface area contributed by atoms with Gasteiger partial charge in [-0.1, -0.05) is 30.3 Å². The smallest absolute Gasteiger partial charge is 0.410 e. The van der Waals surface area contributed by atoms with Gasteiger partial charge in [-0.05, 0) is 44.3 Å². The van der Waals surface area contributed by atoms with Crippen LogP contribution in [0.1, 0.15) is 31.2 Å². The number of ether oxygens (including phenoxy) is 2. The molecule has 0 radical (unpaired) electrons. The highest BCUT2D eigenvalue weighted by Gasteiger charge is 2.44. The first kappa shape index (κ1) is 21.5. The minimum atomic E-state index is -3.41. The van der Waals surface area contributed by atoms with E-state index in [1.807, 2.05) is 30.3 Å². The van der Waals surface area contributed by atoms with E-state index in [2.05, 4.69) is 5.32 Å². The van der Waals surface area contributed by atoms with Crippen molar-refractivity contribution >= 4 is 16.1 Å². The summed E-state index contributed by atoms with van der Waals surface area (Å²) in [5, 5.41) is 2.86. The summed E-state index contributed by atoms with van der Waals surface area (Å²) in [6.07, 6.45) is 2.17. The van der Waals surface area contributed by atoms with E-state index in [1.54, 1.807) is 9.21 Å². The lowest BCUT2D eigenvalue weighted by molar-refractivity contribution is -0.105. The molecular weight excluding hydrogens is 406 g/mol. The van der Waals surface area contributed by atoms with Gasteiger partial charge >= 0.3 is 6.09 Å². The van der Waals surface area contributed by atoms with Gasteiger partial charge in [0.25, 0.3) is 0 Å². The first-order valence-electron chi connectivity index (χ1n) is 10.8. The van der Waals surface area contributed by atoms with E-state index in [4.69, 9.17) is 9.47 Å². The summed E-state index contributed by atoms with van der Waals surface area (Å²) in [6, 6.07) is 9.53. The molecule has 4 rings (SSSR count). The fourth-order valence-electron chi connectivity index (χ4n) is 4.57. The summed E-state index contributed by atoms with van der Waals surface area (Å²) in [5.74, 6) is 0. The van der Waals surface area contributed by atoms with Crippen molar-refractivity contribution in [1.29, 1.82) is 0 Å². The number of likely N-dealkylation sites (tertiary alicyclic amines) is 1. The normalized spacial score (nSPS) is 23.4. The maximum atomic E-state index is 13.3. The largest absolute Gasteiger partial charge is 0.445 e. The highest BCUT2D eigenvalue weighted by Crippen LogP contribution is 2.31. The van der Waals surface area contributed by atoms with Gasteiger partial charge in [0.1, 0.15) is 6.61 Å². The Morgan fingerprint density at radius 2 is 1.83 bits per heavy atom. The Balaban J connectivity index is 1.30. The number of sulfonamides is 1. The Kier molecular flexibility index (Phi) is 6.62. The Labute approximate surface area is 178 Å². The van der Waals surface area contributed by atoms with Gasteiger partial charge in [0.2, 0.25) is 10.0 Å². The molecule has 3 heterocycles. The Hall–Kier alpha value is -1.68. The number of carbonyl (C=O) groups is 1. The van der Waals surface area contributed by atoms with Crippen molar-refractivity contribution in [2.24, 2.45) is 0 Å². The van der Waals surface area contributed by atoms with Gasteiger partial charge < -0.3 is 19.7 Å². The molecule has 166 valence electrons. The van der Waals surface area contributed by atoms with Crippen LogP contribution in [0.4, 0.5) is 4.79 Å². The van der Waals surface area contributed by atoms with E-state index in [1.165, 1.54) is 0 Å². The van der Waals surface area contributed by atoms with Crippen LogP contribution in [0.15, 0.2) is 30.3 Å². The van der Waals surface area contributed by atoms with Crippen molar-refractivity contribution in [1.82, 2.24) is 14.5 Å². The molecule has 0 atom stereocenters. The molecule has 1 spiro atoms. The highest BCUT2D eigenvalue weighted by molar-refractivity contribution is 7.89. The summed E-state index contributed by atoms with van der Waals surface area (Å²) in [7, 11) is -3.41. The van der Waals surface area contributed by atoms with Crippen LogP contribution in [0.25, 0.3) is 0 Å². The van der Waals surface area contributed by atoms with Gasteiger partial charge in [0.05, 0.1) is 17.5 Å². The van der Waals surface area contributed by atoms with Crippen molar-refractivity contribution in [3.05, 3.63) is 35.9 Å². The van der Waals surface area contributed by atoms with Crippen LogP contribution in [0.2, 0.25) is 0 Å². The highest BCUT2D eigenvalue weighted by atomic mass is 32.2. The minimum absolute atomic E-state index is 0.225. The second kappa shape index (κ2) is 9.21. The number of rotatable bonds is 4. The summed E-state index contributed by atoms with van der Waals surface area (Å²) in [5.41, 5.74) is 0.584. The zero-order valence-corrected chi connectivity index (χ0v) is 18.1. The van der Waals surface area contributed by atoms with Crippen molar-refractivity contribution in [2.75, 3.05) is 45.9 Å². The first-order valence-corrected chi connectivity index (χ1v) is 12.3. The second-order valence-electron chi connectivity index (χ2n) is 8.39. The maximum absolute atomic E-state index is 13.3. The van der Waals surface area contributed by atoms with E-state index in [9.17, 15) is 13.2 Å². The fraction of sp³-hybridized carbons (Fsp3) is 0.667. The molecule has 1 N–H and O–H groups in total. The molecule has 0 bridgehead atoms. The van der Waals surface area contributed by atoms with Crippen LogP contribution < -0.4 is 5.32 Å². The quantitative estimate of drug-likeness (QED) is 0.769. The maximum Gasteiger partial charge on any atom is 0.410 e. The molecule has 0 aliphatic carbocycles.